The number of anilines is 2. The van der Waals surface area contributed by atoms with Gasteiger partial charge in [-0.25, -0.2) is 4.79 Å². The van der Waals surface area contributed by atoms with Gasteiger partial charge >= 0.3 is 5.97 Å². The predicted molar refractivity (Wildman–Crippen MR) is 90.9 cm³/mol. The number of carbonyl (C=O) groups excluding carboxylic acids is 2. The number of aryl methyl sites for hydroxylation is 1. The third kappa shape index (κ3) is 4.57. The van der Waals surface area contributed by atoms with Crippen molar-refractivity contribution in [3.63, 3.8) is 0 Å². The summed E-state index contributed by atoms with van der Waals surface area (Å²) in [5, 5.41) is 2.72. The lowest BCUT2D eigenvalue weighted by atomic mass is 10.2. The smallest absolute Gasteiger partial charge is 0.338 e. The Morgan fingerprint density at radius 1 is 1.09 bits per heavy atom. The molecule has 0 aliphatic carbocycles. The lowest BCUT2D eigenvalue weighted by Gasteiger charge is -2.13. The van der Waals surface area contributed by atoms with E-state index < -0.39 is 5.97 Å². The van der Waals surface area contributed by atoms with Crippen LogP contribution in [0.4, 0.5) is 11.4 Å². The molecule has 5 nitrogen and oxygen atoms in total. The maximum Gasteiger partial charge on any atom is 0.338 e. The number of amides is 1. The Kier molecular flexibility index (Phi) is 5.36. The maximum atomic E-state index is 12.0. The molecular formula is C18H20N2O3. The summed E-state index contributed by atoms with van der Waals surface area (Å²) in [7, 11) is 3.78. The first kappa shape index (κ1) is 16.5. The van der Waals surface area contributed by atoms with E-state index in [0.717, 1.165) is 11.3 Å². The standard InChI is InChI=1S/C18H20N2O3/c1-13-7-4-5-10-16(13)19-17(21)12-23-18(22)14-8-6-9-15(11-14)20(2)3/h4-11H,12H2,1-3H3,(H,19,21). The molecule has 2 aromatic carbocycles. The SMILES string of the molecule is Cc1ccccc1NC(=O)COC(=O)c1cccc(N(C)C)c1. The summed E-state index contributed by atoms with van der Waals surface area (Å²) in [5.41, 5.74) is 2.97. The van der Waals surface area contributed by atoms with Crippen molar-refractivity contribution >= 4 is 23.3 Å². The van der Waals surface area contributed by atoms with Crippen LogP contribution in [0.1, 0.15) is 15.9 Å². The van der Waals surface area contributed by atoms with Gasteiger partial charge in [-0.3, -0.25) is 4.79 Å². The molecule has 0 saturated heterocycles. The van der Waals surface area contributed by atoms with Crippen LogP contribution in [-0.2, 0) is 9.53 Å². The summed E-state index contributed by atoms with van der Waals surface area (Å²) in [5.74, 6) is -0.884. The number of nitrogens with one attached hydrogen (secondary N) is 1. The molecule has 0 bridgehead atoms. The van der Waals surface area contributed by atoms with E-state index in [9.17, 15) is 9.59 Å². The molecule has 120 valence electrons. The summed E-state index contributed by atoms with van der Waals surface area (Å²) in [6, 6.07) is 14.5. The van der Waals surface area contributed by atoms with Crippen molar-refractivity contribution in [2.75, 3.05) is 30.9 Å². The number of carbonyl (C=O) groups is 2. The molecule has 5 heteroatoms. The molecule has 0 unspecified atom stereocenters. The van der Waals surface area contributed by atoms with E-state index >= 15 is 0 Å². The zero-order valence-electron chi connectivity index (χ0n) is 13.5. The Labute approximate surface area is 135 Å². The van der Waals surface area contributed by atoms with Gasteiger partial charge in [0.15, 0.2) is 6.61 Å². The average Bonchev–Trinajstić information content (AvgIpc) is 2.55. The van der Waals surface area contributed by atoms with Crippen LogP contribution in [0.2, 0.25) is 0 Å². The Balaban J connectivity index is 1.92. The van der Waals surface area contributed by atoms with Crippen LogP contribution in [0.15, 0.2) is 48.5 Å². The zero-order valence-corrected chi connectivity index (χ0v) is 13.5. The van der Waals surface area contributed by atoms with E-state index in [0.29, 0.717) is 11.3 Å². The molecule has 0 aliphatic rings. The summed E-state index contributed by atoms with van der Waals surface area (Å²) < 4.78 is 5.07. The number of nitrogens with zero attached hydrogens (tertiary/aromatic N) is 1. The largest absolute Gasteiger partial charge is 0.452 e. The molecule has 0 fully saturated rings. The van der Waals surface area contributed by atoms with Gasteiger partial charge in [0.05, 0.1) is 5.56 Å². The minimum absolute atomic E-state index is 0.320. The van der Waals surface area contributed by atoms with Crippen molar-refractivity contribution in [1.82, 2.24) is 0 Å². The topological polar surface area (TPSA) is 58.6 Å². The van der Waals surface area contributed by atoms with Gasteiger partial charge in [-0.05, 0) is 36.8 Å². The molecule has 1 amide bonds. The van der Waals surface area contributed by atoms with Crippen molar-refractivity contribution in [2.24, 2.45) is 0 Å². The number of esters is 1. The molecule has 23 heavy (non-hydrogen) atoms. The number of hydrogen-bond donors (Lipinski definition) is 1. The van der Waals surface area contributed by atoms with E-state index in [1.165, 1.54) is 0 Å². The predicted octanol–water partition coefficient (Wildman–Crippen LogP) is 2.86. The number of benzene rings is 2. The number of para-hydroxylation sites is 1. The first-order chi connectivity index (χ1) is 11.0. The maximum absolute atomic E-state index is 12.0. The molecule has 2 aromatic rings. The number of hydrogen-bond acceptors (Lipinski definition) is 4. The molecule has 1 N–H and O–H groups in total. The Bertz CT molecular complexity index is 711. The second-order valence-corrected chi connectivity index (χ2v) is 5.38. The Morgan fingerprint density at radius 2 is 1.83 bits per heavy atom. The van der Waals surface area contributed by atoms with Crippen molar-refractivity contribution in [3.8, 4) is 0 Å². The third-order valence-corrected chi connectivity index (χ3v) is 3.35. The van der Waals surface area contributed by atoms with Crippen molar-refractivity contribution < 1.29 is 14.3 Å². The monoisotopic (exact) mass is 312 g/mol. The van der Waals surface area contributed by atoms with Crippen LogP contribution in [0.5, 0.6) is 0 Å². The third-order valence-electron chi connectivity index (χ3n) is 3.35. The molecule has 0 saturated carbocycles. The van der Waals surface area contributed by atoms with Gasteiger partial charge in [-0.2, -0.15) is 0 Å². The highest BCUT2D eigenvalue weighted by Crippen LogP contribution is 2.15. The van der Waals surface area contributed by atoms with Gasteiger partial charge in [0.25, 0.3) is 5.91 Å². The summed E-state index contributed by atoms with van der Waals surface area (Å²) >= 11 is 0. The molecule has 0 atom stereocenters. The lowest BCUT2D eigenvalue weighted by Crippen LogP contribution is -2.21. The van der Waals surface area contributed by atoms with Gasteiger partial charge in [0, 0.05) is 25.5 Å². The Morgan fingerprint density at radius 3 is 2.52 bits per heavy atom. The normalized spacial score (nSPS) is 10.0. The van der Waals surface area contributed by atoms with E-state index in [4.69, 9.17) is 4.74 Å². The molecule has 2 rings (SSSR count). The van der Waals surface area contributed by atoms with Crippen LogP contribution in [0, 0.1) is 6.92 Å². The first-order valence-electron chi connectivity index (χ1n) is 7.27. The van der Waals surface area contributed by atoms with Crippen LogP contribution in [0.3, 0.4) is 0 Å². The fourth-order valence-electron chi connectivity index (χ4n) is 2.02. The molecule has 0 radical (unpaired) electrons. The van der Waals surface area contributed by atoms with Gasteiger partial charge in [-0.1, -0.05) is 24.3 Å². The van der Waals surface area contributed by atoms with Gasteiger partial charge in [0.2, 0.25) is 0 Å². The second-order valence-electron chi connectivity index (χ2n) is 5.38. The highest BCUT2D eigenvalue weighted by atomic mass is 16.5. The van der Waals surface area contributed by atoms with Crippen LogP contribution < -0.4 is 10.2 Å². The van der Waals surface area contributed by atoms with E-state index in [1.54, 1.807) is 24.3 Å². The molecule has 0 heterocycles. The second kappa shape index (κ2) is 7.45. The minimum Gasteiger partial charge on any atom is -0.452 e. The van der Waals surface area contributed by atoms with Gasteiger partial charge in [-0.15, -0.1) is 0 Å². The summed E-state index contributed by atoms with van der Waals surface area (Å²) in [6.45, 7) is 1.58. The highest BCUT2D eigenvalue weighted by Gasteiger charge is 2.12. The van der Waals surface area contributed by atoms with Crippen LogP contribution >= 0.6 is 0 Å². The van der Waals surface area contributed by atoms with Gasteiger partial charge < -0.3 is 15.0 Å². The lowest BCUT2D eigenvalue weighted by molar-refractivity contribution is -0.119. The fourth-order valence-corrected chi connectivity index (χ4v) is 2.02. The summed E-state index contributed by atoms with van der Waals surface area (Å²) in [6.07, 6.45) is 0. The Hall–Kier alpha value is -2.82. The first-order valence-corrected chi connectivity index (χ1v) is 7.27. The van der Waals surface area contributed by atoms with E-state index in [2.05, 4.69) is 5.32 Å². The number of ether oxygens (including phenoxy) is 1. The average molecular weight is 312 g/mol. The van der Waals surface area contributed by atoms with E-state index in [-0.39, 0.29) is 12.5 Å². The zero-order chi connectivity index (χ0) is 16.8. The highest BCUT2D eigenvalue weighted by molar-refractivity contribution is 5.96. The van der Waals surface area contributed by atoms with Crippen LogP contribution in [0.25, 0.3) is 0 Å². The summed E-state index contributed by atoms with van der Waals surface area (Å²) in [4.78, 5) is 25.8. The number of rotatable bonds is 5. The van der Waals surface area contributed by atoms with Crippen LogP contribution in [-0.4, -0.2) is 32.6 Å². The van der Waals surface area contributed by atoms with E-state index in [1.807, 2.05) is 50.2 Å². The molecular weight excluding hydrogens is 292 g/mol. The molecule has 0 spiro atoms. The molecule has 0 aromatic heterocycles. The quantitative estimate of drug-likeness (QED) is 0.863. The fraction of sp³-hybridized carbons (Fsp3) is 0.222. The minimum atomic E-state index is -0.520. The molecule has 0 aliphatic heterocycles. The van der Waals surface area contributed by atoms with Gasteiger partial charge in [0.1, 0.15) is 0 Å². The van der Waals surface area contributed by atoms with Crippen molar-refractivity contribution in [2.45, 2.75) is 6.92 Å². The van der Waals surface area contributed by atoms with Crippen molar-refractivity contribution in [1.29, 1.82) is 0 Å². The van der Waals surface area contributed by atoms with Crippen molar-refractivity contribution in [3.05, 3.63) is 59.7 Å².